The summed E-state index contributed by atoms with van der Waals surface area (Å²) < 4.78 is 59.8. The van der Waals surface area contributed by atoms with Crippen LogP contribution in [0.15, 0.2) is 40.8 Å². The summed E-state index contributed by atoms with van der Waals surface area (Å²) in [6, 6.07) is 1.84. The van der Waals surface area contributed by atoms with Crippen LogP contribution < -0.4 is 16.2 Å². The predicted octanol–water partition coefficient (Wildman–Crippen LogP) is 6.14. The summed E-state index contributed by atoms with van der Waals surface area (Å²) in [6.45, 7) is 13.2. The van der Waals surface area contributed by atoms with Crippen LogP contribution >= 0.6 is 11.6 Å². The number of piperazine rings is 1. The lowest BCUT2D eigenvalue weighted by Gasteiger charge is -2.45. The third-order valence-corrected chi connectivity index (χ3v) is 9.00. The Balaban J connectivity index is 1.91. The number of rotatable bonds is 5. The number of anilines is 2. The average molecular weight is 670 g/mol. The van der Waals surface area contributed by atoms with Gasteiger partial charge in [-0.25, -0.2) is 22.5 Å². The minimum absolute atomic E-state index is 0.0993. The molecule has 4 heterocycles. The van der Waals surface area contributed by atoms with Crippen molar-refractivity contribution in [3.05, 3.63) is 75.2 Å². The topological polar surface area (TPSA) is 121 Å². The maximum atomic E-state index is 15.3. The van der Waals surface area contributed by atoms with E-state index in [1.54, 1.807) is 22.1 Å². The van der Waals surface area contributed by atoms with E-state index in [0.29, 0.717) is 5.71 Å². The van der Waals surface area contributed by atoms with Crippen LogP contribution in [0.5, 0.6) is 0 Å². The molecule has 2 N–H and O–H groups in total. The zero-order chi connectivity index (χ0) is 34.6. The fourth-order valence-electron chi connectivity index (χ4n) is 6.65. The standard InChI is InChI=1S/C33H32ClF4N7O2/c1-7-21(46)44-16(5)12-43(13-17(44)6)31-18-10-20(34)29(22-23(35)24(36)25(37)26(38)27(22)40)42-32(18)45(33(47)19(31)11-39)30-15(4)8-9-41-28(30)14(2)3/h7-10,14-17,30H,1,12-13,40H2,2-6H3/t15-,16-,17+,30?/m1/s1. The molecule has 2 aliphatic heterocycles. The number of halogens is 5. The number of nitriles is 1. The summed E-state index contributed by atoms with van der Waals surface area (Å²) in [5.41, 5.74) is 2.90. The molecule has 0 radical (unpaired) electrons. The second-order valence-electron chi connectivity index (χ2n) is 12.2. The van der Waals surface area contributed by atoms with Crippen LogP contribution in [-0.2, 0) is 4.79 Å². The van der Waals surface area contributed by atoms with Gasteiger partial charge in [0, 0.05) is 48.4 Å². The summed E-state index contributed by atoms with van der Waals surface area (Å²) in [7, 11) is 0. The normalized spacial score (nSPS) is 21.3. The van der Waals surface area contributed by atoms with Crippen LogP contribution in [0, 0.1) is 46.4 Å². The van der Waals surface area contributed by atoms with E-state index in [0.717, 1.165) is 0 Å². The van der Waals surface area contributed by atoms with Crippen LogP contribution in [0.3, 0.4) is 0 Å². The van der Waals surface area contributed by atoms with Crippen LogP contribution in [0.2, 0.25) is 5.02 Å². The maximum absolute atomic E-state index is 15.3. The number of carbonyl (C=O) groups is 1. The highest BCUT2D eigenvalue weighted by atomic mass is 35.5. The second kappa shape index (κ2) is 12.5. The highest BCUT2D eigenvalue weighted by Gasteiger charge is 2.38. The number of amides is 1. The fourth-order valence-corrected chi connectivity index (χ4v) is 6.90. The van der Waals surface area contributed by atoms with Crippen molar-refractivity contribution in [1.82, 2.24) is 14.5 Å². The summed E-state index contributed by atoms with van der Waals surface area (Å²) in [5, 5.41) is 10.3. The zero-order valence-corrected chi connectivity index (χ0v) is 27.0. The number of aliphatic imine (C=N–C) groups is 1. The Morgan fingerprint density at radius 1 is 1.13 bits per heavy atom. The molecule has 2 aromatic heterocycles. The van der Waals surface area contributed by atoms with Gasteiger partial charge < -0.3 is 15.5 Å². The van der Waals surface area contributed by atoms with E-state index in [1.165, 1.54) is 16.7 Å². The van der Waals surface area contributed by atoms with Gasteiger partial charge in [-0.3, -0.25) is 19.1 Å². The first-order valence-electron chi connectivity index (χ1n) is 14.9. The predicted molar refractivity (Wildman–Crippen MR) is 173 cm³/mol. The monoisotopic (exact) mass is 669 g/mol. The van der Waals surface area contributed by atoms with Crippen molar-refractivity contribution in [2.24, 2.45) is 16.8 Å². The summed E-state index contributed by atoms with van der Waals surface area (Å²) in [5.74, 6) is -8.66. The first-order valence-corrected chi connectivity index (χ1v) is 15.3. The fraction of sp³-hybridized carbons (Fsp3) is 0.364. The first kappa shape index (κ1) is 33.7. The van der Waals surface area contributed by atoms with E-state index >= 15 is 4.39 Å². The molecule has 1 fully saturated rings. The second-order valence-corrected chi connectivity index (χ2v) is 12.6. The number of nitrogens with two attached hydrogens (primary N) is 1. The lowest BCUT2D eigenvalue weighted by atomic mass is 9.88. The molecule has 47 heavy (non-hydrogen) atoms. The minimum atomic E-state index is -2.11. The number of hydrogen-bond donors (Lipinski definition) is 1. The van der Waals surface area contributed by atoms with Gasteiger partial charge in [0.1, 0.15) is 17.3 Å². The van der Waals surface area contributed by atoms with Crippen LogP contribution in [0.1, 0.15) is 46.2 Å². The van der Waals surface area contributed by atoms with Gasteiger partial charge in [0.2, 0.25) is 5.91 Å². The van der Waals surface area contributed by atoms with Crippen molar-refractivity contribution in [3.8, 4) is 17.3 Å². The van der Waals surface area contributed by atoms with E-state index in [9.17, 15) is 28.0 Å². The Bertz CT molecular complexity index is 1960. The van der Waals surface area contributed by atoms with E-state index in [2.05, 4.69) is 22.6 Å². The molecule has 2 aliphatic rings. The Morgan fingerprint density at radius 3 is 2.32 bits per heavy atom. The van der Waals surface area contributed by atoms with Crippen molar-refractivity contribution in [1.29, 1.82) is 5.26 Å². The van der Waals surface area contributed by atoms with Gasteiger partial charge in [-0.15, -0.1) is 0 Å². The van der Waals surface area contributed by atoms with Crippen molar-refractivity contribution >= 4 is 45.6 Å². The van der Waals surface area contributed by atoms with Crippen LogP contribution in [0.4, 0.5) is 28.9 Å². The molecular weight excluding hydrogens is 638 g/mol. The van der Waals surface area contributed by atoms with Gasteiger partial charge in [0.25, 0.3) is 5.56 Å². The quantitative estimate of drug-likeness (QED) is 0.115. The Hall–Kier alpha value is -4.70. The van der Waals surface area contributed by atoms with E-state index in [4.69, 9.17) is 17.3 Å². The molecule has 5 rings (SSSR count). The molecule has 0 spiro atoms. The zero-order valence-electron chi connectivity index (χ0n) is 26.3. The molecule has 4 atom stereocenters. The number of hydrogen-bond acceptors (Lipinski definition) is 7. The van der Waals surface area contributed by atoms with E-state index < -0.39 is 51.8 Å². The molecule has 0 aliphatic carbocycles. The van der Waals surface area contributed by atoms with E-state index in [1.807, 2.05) is 34.6 Å². The molecule has 246 valence electrons. The molecule has 1 aromatic carbocycles. The average Bonchev–Trinajstić information content (AvgIpc) is 3.02. The Morgan fingerprint density at radius 2 is 1.74 bits per heavy atom. The molecule has 0 bridgehead atoms. The van der Waals surface area contributed by atoms with Crippen molar-refractivity contribution in [3.63, 3.8) is 0 Å². The minimum Gasteiger partial charge on any atom is -0.396 e. The number of allylic oxidation sites excluding steroid dienone is 1. The largest absolute Gasteiger partial charge is 0.396 e. The molecule has 9 nitrogen and oxygen atoms in total. The summed E-state index contributed by atoms with van der Waals surface area (Å²) in [6.07, 6.45) is 4.60. The summed E-state index contributed by atoms with van der Waals surface area (Å²) in [4.78, 5) is 39.6. The number of nitrogen functional groups attached to an aromatic ring is 1. The maximum Gasteiger partial charge on any atom is 0.272 e. The molecule has 0 saturated carbocycles. The number of fused-ring (bicyclic) bond motifs is 1. The van der Waals surface area contributed by atoms with Gasteiger partial charge in [-0.1, -0.05) is 45.0 Å². The van der Waals surface area contributed by atoms with Crippen molar-refractivity contribution < 1.29 is 22.4 Å². The van der Waals surface area contributed by atoms with Crippen molar-refractivity contribution in [2.75, 3.05) is 23.7 Å². The molecule has 1 unspecified atom stereocenters. The van der Waals surface area contributed by atoms with Crippen molar-refractivity contribution in [2.45, 2.75) is 52.7 Å². The summed E-state index contributed by atoms with van der Waals surface area (Å²) >= 11 is 6.65. The number of pyridine rings is 2. The number of benzene rings is 1. The Labute approximate surface area is 273 Å². The van der Waals surface area contributed by atoms with E-state index in [-0.39, 0.29) is 70.2 Å². The number of aromatic nitrogens is 2. The third kappa shape index (κ3) is 5.34. The third-order valence-electron chi connectivity index (χ3n) is 8.71. The first-order chi connectivity index (χ1) is 22.2. The van der Waals surface area contributed by atoms with Gasteiger partial charge in [0.15, 0.2) is 23.3 Å². The SMILES string of the molecule is C=CC(=O)N1[C@H](C)CN(c2c(C#N)c(=O)n(C3C(C(C)C)=NC=C[C@H]3C)c3nc(-c4c(N)c(F)c(F)c(F)c4F)c(Cl)cc23)C[C@@H]1C. The lowest BCUT2D eigenvalue weighted by molar-refractivity contribution is -0.130. The van der Waals surface area contributed by atoms with Gasteiger partial charge in [-0.05, 0) is 31.9 Å². The highest BCUT2D eigenvalue weighted by molar-refractivity contribution is 6.34. The van der Waals surface area contributed by atoms with Gasteiger partial charge >= 0.3 is 0 Å². The Kier molecular flexibility index (Phi) is 8.94. The molecule has 3 aromatic rings. The van der Waals surface area contributed by atoms with Crippen LogP contribution in [0.25, 0.3) is 22.3 Å². The van der Waals surface area contributed by atoms with Gasteiger partial charge in [-0.2, -0.15) is 5.26 Å². The molecule has 1 saturated heterocycles. The smallest absolute Gasteiger partial charge is 0.272 e. The molecule has 14 heteroatoms. The number of nitrogens with zero attached hydrogens (tertiary/aromatic N) is 6. The molecule has 1 amide bonds. The highest BCUT2D eigenvalue weighted by Crippen LogP contribution is 2.42. The van der Waals surface area contributed by atoms with Gasteiger partial charge in [0.05, 0.1) is 33.7 Å². The number of carbonyl (C=O) groups excluding carboxylic acids is 1. The lowest BCUT2D eigenvalue weighted by Crippen LogP contribution is -2.58. The van der Waals surface area contributed by atoms with Crippen LogP contribution in [-0.4, -0.2) is 51.2 Å². The molecular formula is C33H32ClF4N7O2.